The van der Waals surface area contributed by atoms with Crippen molar-refractivity contribution in [2.24, 2.45) is 11.5 Å². The van der Waals surface area contributed by atoms with Crippen molar-refractivity contribution in [3.8, 4) is 0 Å². The molecule has 5 nitrogen and oxygen atoms in total. The van der Waals surface area contributed by atoms with Gasteiger partial charge in [0.15, 0.2) is 0 Å². The number of rotatable bonds is 4. The Balaban J connectivity index is 2.34. The van der Waals surface area contributed by atoms with Crippen molar-refractivity contribution < 1.29 is 9.59 Å². The van der Waals surface area contributed by atoms with Crippen LogP contribution in [0.1, 0.15) is 51.4 Å². The second-order valence-corrected chi connectivity index (χ2v) is 4.83. The summed E-state index contributed by atoms with van der Waals surface area (Å²) < 4.78 is 0. The average molecular weight is 241 g/mol. The lowest BCUT2D eigenvalue weighted by atomic mass is 9.96. The van der Waals surface area contributed by atoms with Crippen LogP contribution in [0.5, 0.6) is 0 Å². The largest absolute Gasteiger partial charge is 0.370 e. The van der Waals surface area contributed by atoms with Gasteiger partial charge in [-0.05, 0) is 12.8 Å². The summed E-state index contributed by atoms with van der Waals surface area (Å²) in [5, 5.41) is 2.92. The summed E-state index contributed by atoms with van der Waals surface area (Å²) in [4.78, 5) is 22.4. The van der Waals surface area contributed by atoms with Crippen LogP contribution in [0.2, 0.25) is 0 Å². The molecular formula is C12H23N3O2. The number of hydrogen-bond donors (Lipinski definition) is 3. The summed E-state index contributed by atoms with van der Waals surface area (Å²) in [6, 6.07) is -0.598. The van der Waals surface area contributed by atoms with Gasteiger partial charge in [-0.1, -0.05) is 32.1 Å². The zero-order chi connectivity index (χ0) is 12.7. The van der Waals surface area contributed by atoms with Gasteiger partial charge in [0.1, 0.15) is 0 Å². The standard InChI is InChI=1S/C12H23N3O2/c13-10(8-11(14)16)12(17)15-9-6-4-2-1-3-5-7-9/h9-10H,1-8,13H2,(H2,14,16)(H,15,17). The van der Waals surface area contributed by atoms with Gasteiger partial charge in [0.25, 0.3) is 0 Å². The molecule has 5 N–H and O–H groups in total. The van der Waals surface area contributed by atoms with Gasteiger partial charge in [-0.3, -0.25) is 9.59 Å². The second-order valence-electron chi connectivity index (χ2n) is 4.83. The van der Waals surface area contributed by atoms with Gasteiger partial charge < -0.3 is 16.8 Å². The molecular weight excluding hydrogens is 218 g/mol. The van der Waals surface area contributed by atoms with Crippen molar-refractivity contribution in [2.45, 2.75) is 63.5 Å². The third-order valence-electron chi connectivity index (χ3n) is 3.21. The molecule has 0 aromatic rings. The van der Waals surface area contributed by atoms with Crippen LogP contribution in [0.3, 0.4) is 0 Å². The van der Waals surface area contributed by atoms with E-state index in [0.29, 0.717) is 0 Å². The predicted molar refractivity (Wildman–Crippen MR) is 66.0 cm³/mol. The molecule has 1 rings (SSSR count). The molecule has 0 radical (unpaired) electrons. The van der Waals surface area contributed by atoms with E-state index in [4.69, 9.17) is 11.5 Å². The number of hydrogen-bond acceptors (Lipinski definition) is 3. The summed E-state index contributed by atoms with van der Waals surface area (Å²) in [5.41, 5.74) is 10.6. The Labute approximate surface area is 102 Å². The van der Waals surface area contributed by atoms with Crippen molar-refractivity contribution in [1.82, 2.24) is 5.32 Å². The minimum atomic E-state index is -0.807. The van der Waals surface area contributed by atoms with Gasteiger partial charge in [-0.15, -0.1) is 0 Å². The fourth-order valence-electron chi connectivity index (χ4n) is 2.22. The molecule has 1 aliphatic rings. The quantitative estimate of drug-likeness (QED) is 0.665. The molecule has 98 valence electrons. The van der Waals surface area contributed by atoms with Crippen LogP contribution >= 0.6 is 0 Å². The van der Waals surface area contributed by atoms with Gasteiger partial charge in [0.2, 0.25) is 11.8 Å². The number of primary amides is 1. The van der Waals surface area contributed by atoms with E-state index in [1.54, 1.807) is 0 Å². The smallest absolute Gasteiger partial charge is 0.237 e. The van der Waals surface area contributed by atoms with Crippen LogP contribution in [-0.4, -0.2) is 23.9 Å². The Hall–Kier alpha value is -1.10. The van der Waals surface area contributed by atoms with Crippen LogP contribution in [0.4, 0.5) is 0 Å². The van der Waals surface area contributed by atoms with Crippen LogP contribution in [0.15, 0.2) is 0 Å². The first-order valence-electron chi connectivity index (χ1n) is 6.44. The van der Waals surface area contributed by atoms with Crippen LogP contribution in [0.25, 0.3) is 0 Å². The molecule has 0 heterocycles. The topological polar surface area (TPSA) is 98.2 Å². The van der Waals surface area contributed by atoms with E-state index in [1.807, 2.05) is 0 Å². The van der Waals surface area contributed by atoms with Crippen LogP contribution in [0, 0.1) is 0 Å². The van der Waals surface area contributed by atoms with Crippen molar-refractivity contribution >= 4 is 11.8 Å². The molecule has 2 amide bonds. The Bertz CT molecular complexity index is 260. The Morgan fingerprint density at radius 1 is 1.12 bits per heavy atom. The lowest BCUT2D eigenvalue weighted by molar-refractivity contribution is -0.126. The van der Waals surface area contributed by atoms with Crippen LogP contribution < -0.4 is 16.8 Å². The monoisotopic (exact) mass is 241 g/mol. The van der Waals surface area contributed by atoms with Gasteiger partial charge in [0.05, 0.1) is 12.5 Å². The fraction of sp³-hybridized carbons (Fsp3) is 0.833. The number of carbonyl (C=O) groups is 2. The Morgan fingerprint density at radius 2 is 1.65 bits per heavy atom. The predicted octanol–water partition coefficient (Wildman–Crippen LogP) is 0.418. The van der Waals surface area contributed by atoms with Crippen molar-refractivity contribution in [3.05, 3.63) is 0 Å². The third kappa shape index (κ3) is 5.68. The second kappa shape index (κ2) is 7.27. The molecule has 1 saturated carbocycles. The summed E-state index contributed by atoms with van der Waals surface area (Å²) in [6.07, 6.45) is 8.00. The first-order chi connectivity index (χ1) is 8.09. The number of carbonyl (C=O) groups excluding carboxylic acids is 2. The minimum Gasteiger partial charge on any atom is -0.370 e. The summed E-state index contributed by atoms with van der Waals surface area (Å²) in [7, 11) is 0. The number of nitrogens with one attached hydrogen (secondary N) is 1. The summed E-state index contributed by atoms with van der Waals surface area (Å²) in [6.45, 7) is 0. The van der Waals surface area contributed by atoms with E-state index in [-0.39, 0.29) is 18.4 Å². The molecule has 1 unspecified atom stereocenters. The molecule has 0 saturated heterocycles. The SMILES string of the molecule is NC(=O)CC(N)C(=O)NC1CCCCCCC1. The van der Waals surface area contributed by atoms with Gasteiger partial charge in [-0.25, -0.2) is 0 Å². The molecule has 0 bridgehead atoms. The highest BCUT2D eigenvalue weighted by molar-refractivity contribution is 5.87. The Morgan fingerprint density at radius 3 is 2.18 bits per heavy atom. The molecule has 0 aromatic carbocycles. The molecule has 5 heteroatoms. The molecule has 1 atom stereocenters. The van der Waals surface area contributed by atoms with Gasteiger partial charge in [0, 0.05) is 6.04 Å². The maximum Gasteiger partial charge on any atom is 0.237 e. The van der Waals surface area contributed by atoms with E-state index in [9.17, 15) is 9.59 Å². The molecule has 0 aliphatic heterocycles. The molecule has 1 aliphatic carbocycles. The first-order valence-corrected chi connectivity index (χ1v) is 6.44. The van der Waals surface area contributed by atoms with E-state index < -0.39 is 11.9 Å². The number of nitrogens with two attached hydrogens (primary N) is 2. The van der Waals surface area contributed by atoms with E-state index in [0.717, 1.165) is 25.7 Å². The highest BCUT2D eigenvalue weighted by Crippen LogP contribution is 2.17. The molecule has 0 spiro atoms. The first kappa shape index (κ1) is 14.0. The van der Waals surface area contributed by atoms with Crippen molar-refractivity contribution in [1.29, 1.82) is 0 Å². The zero-order valence-corrected chi connectivity index (χ0v) is 10.3. The van der Waals surface area contributed by atoms with Gasteiger partial charge >= 0.3 is 0 Å². The van der Waals surface area contributed by atoms with E-state index >= 15 is 0 Å². The maximum absolute atomic E-state index is 11.7. The van der Waals surface area contributed by atoms with Crippen molar-refractivity contribution in [3.63, 3.8) is 0 Å². The Kier molecular flexibility index (Phi) is 5.97. The molecule has 1 fully saturated rings. The maximum atomic E-state index is 11.7. The molecule has 17 heavy (non-hydrogen) atoms. The summed E-state index contributed by atoms with van der Waals surface area (Å²) >= 11 is 0. The lowest BCUT2D eigenvalue weighted by Crippen LogP contribution is -2.47. The van der Waals surface area contributed by atoms with E-state index in [1.165, 1.54) is 19.3 Å². The normalized spacial score (nSPS) is 20.1. The summed E-state index contributed by atoms with van der Waals surface area (Å²) in [5.74, 6) is -0.792. The molecule has 0 aromatic heterocycles. The minimum absolute atomic E-state index is 0.0848. The third-order valence-corrected chi connectivity index (χ3v) is 3.21. The zero-order valence-electron chi connectivity index (χ0n) is 10.3. The van der Waals surface area contributed by atoms with Crippen LogP contribution in [-0.2, 0) is 9.59 Å². The highest BCUT2D eigenvalue weighted by atomic mass is 16.2. The van der Waals surface area contributed by atoms with E-state index in [2.05, 4.69) is 5.32 Å². The highest BCUT2D eigenvalue weighted by Gasteiger charge is 2.20. The average Bonchev–Trinajstić information content (AvgIpc) is 2.20. The van der Waals surface area contributed by atoms with Gasteiger partial charge in [-0.2, -0.15) is 0 Å². The fourth-order valence-corrected chi connectivity index (χ4v) is 2.22. The lowest BCUT2D eigenvalue weighted by Gasteiger charge is -2.22. The van der Waals surface area contributed by atoms with Crippen molar-refractivity contribution in [2.75, 3.05) is 0 Å². The number of amides is 2.